The monoisotopic (exact) mass is 415 g/mol. The van der Waals surface area contributed by atoms with Crippen LogP contribution in [-0.2, 0) is 6.54 Å². The van der Waals surface area contributed by atoms with E-state index in [1.807, 2.05) is 28.9 Å². The largest absolute Gasteiger partial charge is 0.339 e. The molecule has 0 radical (unpaired) electrons. The summed E-state index contributed by atoms with van der Waals surface area (Å²) in [7, 11) is 1.99. The van der Waals surface area contributed by atoms with Crippen LogP contribution in [0.4, 0.5) is 0 Å². The van der Waals surface area contributed by atoms with E-state index in [2.05, 4.69) is 29.2 Å². The van der Waals surface area contributed by atoms with E-state index in [-0.39, 0.29) is 30.7 Å². The molecule has 6 nitrogen and oxygen atoms in total. The van der Waals surface area contributed by atoms with Gasteiger partial charge in [0, 0.05) is 31.2 Å². The molecule has 0 saturated carbocycles. The molecule has 1 aliphatic heterocycles. The zero-order chi connectivity index (χ0) is 17.8. The fraction of sp³-hybridized carbons (Fsp3) is 0.632. The van der Waals surface area contributed by atoms with Crippen LogP contribution in [0.15, 0.2) is 18.5 Å². The zero-order valence-electron chi connectivity index (χ0n) is 16.4. The van der Waals surface area contributed by atoms with Crippen molar-refractivity contribution in [3.8, 4) is 0 Å². The molecule has 1 amide bonds. The van der Waals surface area contributed by atoms with Crippen LogP contribution in [0, 0.1) is 11.8 Å². The first-order valence-electron chi connectivity index (χ1n) is 9.34. The number of amides is 1. The second kappa shape index (κ2) is 10.8. The maximum absolute atomic E-state index is 12.8. The minimum Gasteiger partial charge on any atom is -0.339 e. The average molecular weight is 416 g/mol. The molecular formula is C19H31Cl2N5O. The highest BCUT2D eigenvalue weighted by Gasteiger charge is 2.24. The van der Waals surface area contributed by atoms with E-state index < -0.39 is 0 Å². The van der Waals surface area contributed by atoms with E-state index in [1.54, 1.807) is 6.20 Å². The maximum Gasteiger partial charge on any atom is 0.255 e. The number of pyridine rings is 1. The minimum atomic E-state index is 0. The van der Waals surface area contributed by atoms with Gasteiger partial charge in [-0.05, 0) is 50.8 Å². The van der Waals surface area contributed by atoms with Crippen LogP contribution in [0.2, 0.25) is 0 Å². The van der Waals surface area contributed by atoms with Crippen LogP contribution in [0.5, 0.6) is 0 Å². The summed E-state index contributed by atoms with van der Waals surface area (Å²) in [6, 6.07) is 1.93. The lowest BCUT2D eigenvalue weighted by atomic mass is 9.93. The fourth-order valence-electron chi connectivity index (χ4n) is 3.52. The fourth-order valence-corrected chi connectivity index (χ4v) is 3.52. The van der Waals surface area contributed by atoms with Gasteiger partial charge in [0.1, 0.15) is 0 Å². The number of halogens is 2. The summed E-state index contributed by atoms with van der Waals surface area (Å²) >= 11 is 0. The van der Waals surface area contributed by atoms with Gasteiger partial charge in [0.25, 0.3) is 5.91 Å². The molecule has 1 aliphatic rings. The van der Waals surface area contributed by atoms with Crippen molar-refractivity contribution in [2.24, 2.45) is 11.8 Å². The lowest BCUT2D eigenvalue weighted by Crippen LogP contribution is -2.39. The molecule has 0 spiro atoms. The van der Waals surface area contributed by atoms with Crippen molar-refractivity contribution in [1.82, 2.24) is 25.0 Å². The van der Waals surface area contributed by atoms with Crippen molar-refractivity contribution >= 4 is 41.8 Å². The van der Waals surface area contributed by atoms with Crippen molar-refractivity contribution in [2.45, 2.75) is 39.7 Å². The van der Waals surface area contributed by atoms with Crippen LogP contribution in [0.25, 0.3) is 11.0 Å². The number of nitrogens with one attached hydrogen (secondary N) is 1. The summed E-state index contributed by atoms with van der Waals surface area (Å²) in [6.07, 6.45) is 6.90. The molecule has 0 atom stereocenters. The number of fused-ring (bicyclic) bond motifs is 1. The first-order chi connectivity index (χ1) is 12.1. The van der Waals surface area contributed by atoms with Crippen LogP contribution in [0.3, 0.4) is 0 Å². The number of rotatable bonds is 6. The predicted octanol–water partition coefficient (Wildman–Crippen LogP) is 3.39. The van der Waals surface area contributed by atoms with Crippen molar-refractivity contribution in [1.29, 1.82) is 0 Å². The molecule has 0 aliphatic carbocycles. The van der Waals surface area contributed by atoms with E-state index in [4.69, 9.17) is 0 Å². The van der Waals surface area contributed by atoms with E-state index in [9.17, 15) is 4.79 Å². The minimum absolute atomic E-state index is 0. The van der Waals surface area contributed by atoms with E-state index >= 15 is 0 Å². The van der Waals surface area contributed by atoms with Gasteiger partial charge in [-0.2, -0.15) is 5.10 Å². The van der Waals surface area contributed by atoms with E-state index in [1.165, 1.54) is 6.42 Å². The van der Waals surface area contributed by atoms with E-state index in [0.717, 1.165) is 56.0 Å². The molecule has 2 aromatic heterocycles. The standard InChI is InChI=1S/C19H29N5O.2ClH/c1-14(2)13-24-18-16(12-22-24)10-17(11-21-18)19(25)23-8-5-15(6-9-23)4-7-20-3;;/h10-12,14-15,20H,4-9,13H2,1-3H3;2*1H. The second-order valence-electron chi connectivity index (χ2n) is 7.49. The molecule has 27 heavy (non-hydrogen) atoms. The number of carbonyl (C=O) groups is 1. The van der Waals surface area contributed by atoms with Crippen LogP contribution >= 0.6 is 24.8 Å². The summed E-state index contributed by atoms with van der Waals surface area (Å²) < 4.78 is 1.92. The Balaban J connectivity index is 0.00000182. The van der Waals surface area contributed by atoms with Gasteiger partial charge >= 0.3 is 0 Å². The number of nitrogens with zero attached hydrogens (tertiary/aromatic N) is 4. The Hall–Kier alpha value is -1.37. The quantitative estimate of drug-likeness (QED) is 0.784. The van der Waals surface area contributed by atoms with Gasteiger partial charge in [0.2, 0.25) is 0 Å². The smallest absolute Gasteiger partial charge is 0.255 e. The van der Waals surface area contributed by atoms with Crippen LogP contribution in [-0.4, -0.2) is 52.3 Å². The van der Waals surface area contributed by atoms with Gasteiger partial charge in [-0.1, -0.05) is 13.8 Å². The number of hydrogen-bond acceptors (Lipinski definition) is 4. The molecule has 1 N–H and O–H groups in total. The number of piperidine rings is 1. The van der Waals surface area contributed by atoms with Gasteiger partial charge in [-0.25, -0.2) is 9.67 Å². The Bertz CT molecular complexity index is 726. The normalized spacial score (nSPS) is 14.9. The topological polar surface area (TPSA) is 63.1 Å². The van der Waals surface area contributed by atoms with Gasteiger partial charge in [-0.3, -0.25) is 4.79 Å². The van der Waals surface area contributed by atoms with Gasteiger partial charge in [0.15, 0.2) is 5.65 Å². The zero-order valence-corrected chi connectivity index (χ0v) is 18.0. The summed E-state index contributed by atoms with van der Waals surface area (Å²) in [6.45, 7) is 7.90. The van der Waals surface area contributed by atoms with Gasteiger partial charge < -0.3 is 10.2 Å². The SMILES string of the molecule is CNCCC1CCN(C(=O)c2cnc3c(cnn3CC(C)C)c2)CC1.Cl.Cl. The van der Waals surface area contributed by atoms with Gasteiger partial charge in [-0.15, -0.1) is 24.8 Å². The molecule has 1 fully saturated rings. The molecule has 2 aromatic rings. The Morgan fingerprint density at radius 1 is 1.26 bits per heavy atom. The molecule has 1 saturated heterocycles. The molecule has 0 unspecified atom stereocenters. The maximum atomic E-state index is 12.8. The Kier molecular flexibility index (Phi) is 9.50. The molecule has 152 valence electrons. The van der Waals surface area contributed by atoms with Crippen molar-refractivity contribution < 1.29 is 4.79 Å². The first kappa shape index (κ1) is 23.7. The summed E-state index contributed by atoms with van der Waals surface area (Å²) in [5.41, 5.74) is 1.53. The molecule has 3 rings (SSSR count). The number of hydrogen-bond donors (Lipinski definition) is 1. The van der Waals surface area contributed by atoms with Gasteiger partial charge in [0.05, 0.1) is 11.8 Å². The summed E-state index contributed by atoms with van der Waals surface area (Å²) in [5.74, 6) is 1.33. The second-order valence-corrected chi connectivity index (χ2v) is 7.49. The third-order valence-corrected chi connectivity index (χ3v) is 4.97. The Morgan fingerprint density at radius 2 is 1.96 bits per heavy atom. The molecule has 0 bridgehead atoms. The highest BCUT2D eigenvalue weighted by atomic mass is 35.5. The first-order valence-corrected chi connectivity index (χ1v) is 9.34. The predicted molar refractivity (Wildman–Crippen MR) is 114 cm³/mol. The number of carbonyl (C=O) groups excluding carboxylic acids is 1. The average Bonchev–Trinajstić information content (AvgIpc) is 3.01. The lowest BCUT2D eigenvalue weighted by molar-refractivity contribution is 0.0687. The molecule has 8 heteroatoms. The van der Waals surface area contributed by atoms with Crippen molar-refractivity contribution in [3.05, 3.63) is 24.0 Å². The highest BCUT2D eigenvalue weighted by molar-refractivity contribution is 5.96. The summed E-state index contributed by atoms with van der Waals surface area (Å²) in [5, 5.41) is 8.56. The molecular weight excluding hydrogens is 385 g/mol. The third-order valence-electron chi connectivity index (χ3n) is 4.97. The molecule has 3 heterocycles. The van der Waals surface area contributed by atoms with Crippen molar-refractivity contribution in [2.75, 3.05) is 26.7 Å². The Labute approximate surface area is 173 Å². The number of aromatic nitrogens is 3. The van der Waals surface area contributed by atoms with E-state index in [0.29, 0.717) is 11.5 Å². The Morgan fingerprint density at radius 3 is 2.59 bits per heavy atom. The molecule has 0 aromatic carbocycles. The van der Waals surface area contributed by atoms with Crippen LogP contribution < -0.4 is 5.32 Å². The number of likely N-dealkylation sites (tertiary alicyclic amines) is 1. The third kappa shape index (κ3) is 5.80. The summed E-state index contributed by atoms with van der Waals surface area (Å²) in [4.78, 5) is 19.3. The van der Waals surface area contributed by atoms with Crippen LogP contribution in [0.1, 0.15) is 43.5 Å². The van der Waals surface area contributed by atoms with Crippen molar-refractivity contribution in [3.63, 3.8) is 0 Å². The highest BCUT2D eigenvalue weighted by Crippen LogP contribution is 2.22. The lowest BCUT2D eigenvalue weighted by Gasteiger charge is -2.32.